The maximum Gasteiger partial charge on any atom is 0.306 e. The van der Waals surface area contributed by atoms with Gasteiger partial charge in [0.2, 0.25) is 0 Å². The largest absolute Gasteiger partial charge is 0.462 e. The van der Waals surface area contributed by atoms with Gasteiger partial charge in [0.25, 0.3) is 0 Å². The zero-order chi connectivity index (χ0) is 17.1. The highest BCUT2D eigenvalue weighted by molar-refractivity contribution is 14.0. The molecule has 0 unspecified atom stereocenters. The molecule has 0 radical (unpaired) electrons. The Balaban J connectivity index is 0.00000288. The number of esters is 1. The lowest BCUT2D eigenvalue weighted by Crippen LogP contribution is -2.72. The summed E-state index contributed by atoms with van der Waals surface area (Å²) in [4.78, 5) is 18.5. The van der Waals surface area contributed by atoms with Gasteiger partial charge >= 0.3 is 5.97 Å². The molecular formula is C18H34IN3O2. The van der Waals surface area contributed by atoms with Gasteiger partial charge in [-0.3, -0.25) is 9.79 Å². The van der Waals surface area contributed by atoms with Crippen LogP contribution in [0, 0.1) is 5.41 Å². The number of nitrogens with zero attached hydrogens (tertiary/aromatic N) is 2. The fourth-order valence-electron chi connectivity index (χ4n) is 3.38. The molecule has 0 bridgehead atoms. The van der Waals surface area contributed by atoms with Crippen molar-refractivity contribution >= 4 is 35.9 Å². The van der Waals surface area contributed by atoms with Gasteiger partial charge in [-0.2, -0.15) is 0 Å². The lowest BCUT2D eigenvalue weighted by molar-refractivity contribution is -0.148. The van der Waals surface area contributed by atoms with E-state index in [1.165, 1.54) is 12.8 Å². The zero-order valence-corrected chi connectivity index (χ0v) is 18.2. The van der Waals surface area contributed by atoms with E-state index in [1.54, 1.807) is 0 Å². The van der Waals surface area contributed by atoms with E-state index in [9.17, 15) is 4.79 Å². The number of likely N-dealkylation sites (tertiary alicyclic amines) is 1. The van der Waals surface area contributed by atoms with Crippen molar-refractivity contribution in [1.29, 1.82) is 0 Å². The summed E-state index contributed by atoms with van der Waals surface area (Å²) in [5, 5.41) is 3.38. The van der Waals surface area contributed by atoms with E-state index in [2.05, 4.69) is 42.9 Å². The molecule has 2 rings (SSSR count). The predicted octanol–water partition coefficient (Wildman–Crippen LogP) is 3.57. The van der Waals surface area contributed by atoms with Gasteiger partial charge in [-0.05, 0) is 46.0 Å². The van der Waals surface area contributed by atoms with Gasteiger partial charge in [0, 0.05) is 37.5 Å². The van der Waals surface area contributed by atoms with Crippen LogP contribution >= 0.6 is 24.0 Å². The van der Waals surface area contributed by atoms with E-state index >= 15 is 0 Å². The van der Waals surface area contributed by atoms with Gasteiger partial charge in [0.15, 0.2) is 5.96 Å². The number of nitrogens with one attached hydrogen (secondary N) is 1. The average Bonchev–Trinajstić information content (AvgIpc) is 2.98. The number of hydrogen-bond donors (Lipinski definition) is 1. The first kappa shape index (κ1) is 21.5. The molecule has 24 heavy (non-hydrogen) atoms. The second-order valence-electron chi connectivity index (χ2n) is 8.00. The molecule has 0 atom stereocenters. The van der Waals surface area contributed by atoms with Crippen LogP contribution in [0.3, 0.4) is 0 Å². The fourth-order valence-corrected chi connectivity index (χ4v) is 3.38. The fraction of sp³-hybridized carbons (Fsp3) is 0.889. The minimum Gasteiger partial charge on any atom is -0.462 e. The van der Waals surface area contributed by atoms with Gasteiger partial charge in [-0.15, -0.1) is 24.0 Å². The van der Waals surface area contributed by atoms with Gasteiger partial charge in [-0.1, -0.05) is 13.8 Å². The summed E-state index contributed by atoms with van der Waals surface area (Å²) in [6.45, 7) is 10.8. The zero-order valence-electron chi connectivity index (χ0n) is 15.9. The highest BCUT2D eigenvalue weighted by atomic mass is 127. The molecular weight excluding hydrogens is 417 g/mol. The van der Waals surface area contributed by atoms with Gasteiger partial charge in [0.05, 0.1) is 0 Å². The second kappa shape index (κ2) is 8.72. The predicted molar refractivity (Wildman–Crippen MR) is 109 cm³/mol. The van der Waals surface area contributed by atoms with E-state index in [0.29, 0.717) is 6.42 Å². The molecule has 2 fully saturated rings. The molecule has 1 heterocycles. The topological polar surface area (TPSA) is 53.9 Å². The number of rotatable bonds is 5. The summed E-state index contributed by atoms with van der Waals surface area (Å²) in [7, 11) is 1.82. The van der Waals surface area contributed by atoms with Crippen LogP contribution in [0.25, 0.3) is 0 Å². The van der Waals surface area contributed by atoms with Crippen LogP contribution in [0.4, 0.5) is 0 Å². The van der Waals surface area contributed by atoms with Crippen LogP contribution in [0.2, 0.25) is 0 Å². The van der Waals surface area contributed by atoms with Crippen LogP contribution in [0.1, 0.15) is 66.2 Å². The Kier molecular flexibility index (Phi) is 7.81. The summed E-state index contributed by atoms with van der Waals surface area (Å²) >= 11 is 0. The van der Waals surface area contributed by atoms with Gasteiger partial charge < -0.3 is 15.0 Å². The number of ether oxygens (including phenoxy) is 1. The average molecular weight is 451 g/mol. The smallest absolute Gasteiger partial charge is 0.306 e. The minimum atomic E-state index is -0.0564. The third kappa shape index (κ3) is 4.76. The summed E-state index contributed by atoms with van der Waals surface area (Å²) < 4.78 is 5.48. The maximum absolute atomic E-state index is 11.8. The van der Waals surface area contributed by atoms with E-state index in [4.69, 9.17) is 4.74 Å². The van der Waals surface area contributed by atoms with Crippen molar-refractivity contribution in [3.63, 3.8) is 0 Å². The van der Waals surface area contributed by atoms with Crippen molar-refractivity contribution < 1.29 is 9.53 Å². The molecule has 1 saturated heterocycles. The Hall–Kier alpha value is -0.530. The SMILES string of the molecule is CN=C(NCCCC(=O)OC1CCCC1)N1CC(C)(C)C1(C)C.I. The summed E-state index contributed by atoms with van der Waals surface area (Å²) in [5.74, 6) is 0.873. The number of carbonyl (C=O) groups excluding carboxylic acids is 1. The van der Waals surface area contributed by atoms with E-state index in [-0.39, 0.29) is 47.0 Å². The third-order valence-electron chi connectivity index (χ3n) is 5.79. The Morgan fingerprint density at radius 3 is 2.38 bits per heavy atom. The number of carbonyl (C=O) groups is 1. The normalized spacial score (nSPS) is 22.5. The van der Waals surface area contributed by atoms with Crippen molar-refractivity contribution in [2.24, 2.45) is 10.4 Å². The highest BCUT2D eigenvalue weighted by Crippen LogP contribution is 2.46. The van der Waals surface area contributed by atoms with E-state index in [1.807, 2.05) is 7.05 Å². The maximum atomic E-state index is 11.8. The Labute approximate surface area is 164 Å². The third-order valence-corrected chi connectivity index (χ3v) is 5.79. The molecule has 0 aromatic carbocycles. The summed E-state index contributed by atoms with van der Waals surface area (Å²) in [6, 6.07) is 0. The van der Waals surface area contributed by atoms with Crippen LogP contribution in [0.5, 0.6) is 0 Å². The molecule has 1 aliphatic carbocycles. The van der Waals surface area contributed by atoms with Crippen molar-refractivity contribution in [2.45, 2.75) is 77.9 Å². The first-order valence-corrected chi connectivity index (χ1v) is 8.96. The van der Waals surface area contributed by atoms with Crippen LogP contribution in [-0.4, -0.2) is 48.6 Å². The number of halogens is 1. The second-order valence-corrected chi connectivity index (χ2v) is 8.00. The minimum absolute atomic E-state index is 0. The highest BCUT2D eigenvalue weighted by Gasteiger charge is 2.53. The number of hydrogen-bond acceptors (Lipinski definition) is 3. The molecule has 1 N–H and O–H groups in total. The standard InChI is InChI=1S/C18H33N3O2.HI/c1-17(2)13-21(18(17,3)4)16(19-5)20-12-8-11-15(22)23-14-9-6-7-10-14;/h14H,6-13H2,1-5H3,(H,19,20);1H. The van der Waals surface area contributed by atoms with E-state index in [0.717, 1.165) is 38.3 Å². The summed E-state index contributed by atoms with van der Waals surface area (Å²) in [5.41, 5.74) is 0.381. The molecule has 1 aliphatic heterocycles. The molecule has 0 amide bonds. The molecule has 0 spiro atoms. The lowest BCUT2D eigenvalue weighted by Gasteiger charge is -2.62. The van der Waals surface area contributed by atoms with Crippen LogP contribution < -0.4 is 5.32 Å². The molecule has 6 heteroatoms. The summed E-state index contributed by atoms with van der Waals surface area (Å²) in [6.07, 6.45) is 5.90. The lowest BCUT2D eigenvalue weighted by atomic mass is 9.65. The van der Waals surface area contributed by atoms with Gasteiger partial charge in [-0.25, -0.2) is 0 Å². The Morgan fingerprint density at radius 1 is 1.25 bits per heavy atom. The molecule has 1 saturated carbocycles. The first-order valence-electron chi connectivity index (χ1n) is 8.96. The molecule has 5 nitrogen and oxygen atoms in total. The molecule has 140 valence electrons. The van der Waals surface area contributed by atoms with Crippen molar-refractivity contribution in [2.75, 3.05) is 20.1 Å². The van der Waals surface area contributed by atoms with E-state index < -0.39 is 0 Å². The molecule has 0 aromatic heterocycles. The monoisotopic (exact) mass is 451 g/mol. The van der Waals surface area contributed by atoms with Crippen LogP contribution in [0.15, 0.2) is 4.99 Å². The first-order chi connectivity index (χ1) is 10.8. The molecule has 2 aliphatic rings. The van der Waals surface area contributed by atoms with Gasteiger partial charge in [0.1, 0.15) is 6.10 Å². The number of guanidine groups is 1. The quantitative estimate of drug-likeness (QED) is 0.228. The van der Waals surface area contributed by atoms with Crippen LogP contribution in [-0.2, 0) is 9.53 Å². The van der Waals surface area contributed by atoms with Crippen molar-refractivity contribution in [3.8, 4) is 0 Å². The van der Waals surface area contributed by atoms with Crippen molar-refractivity contribution in [1.82, 2.24) is 10.2 Å². The Bertz CT molecular complexity index is 457. The molecule has 0 aromatic rings. The Morgan fingerprint density at radius 2 is 1.88 bits per heavy atom. The van der Waals surface area contributed by atoms with Crippen molar-refractivity contribution in [3.05, 3.63) is 0 Å². The number of aliphatic imine (C=N–C) groups is 1.